The Bertz CT molecular complexity index is 1470. The quantitative estimate of drug-likeness (QED) is 0.270. The molecule has 0 saturated heterocycles. The van der Waals surface area contributed by atoms with Crippen LogP contribution in [0, 0.1) is 11.6 Å². The maximum absolute atomic E-state index is 14.9. The van der Waals surface area contributed by atoms with E-state index in [1.807, 2.05) is 0 Å². The van der Waals surface area contributed by atoms with Crippen molar-refractivity contribution in [2.75, 3.05) is 0 Å². The highest BCUT2D eigenvalue weighted by Crippen LogP contribution is 2.40. The number of hydrogen-bond donors (Lipinski definition) is 2. The van der Waals surface area contributed by atoms with Crippen LogP contribution in [0.1, 0.15) is 31.4 Å². The van der Waals surface area contributed by atoms with Crippen LogP contribution in [-0.4, -0.2) is 39.3 Å². The fourth-order valence-corrected chi connectivity index (χ4v) is 4.66. The van der Waals surface area contributed by atoms with E-state index in [9.17, 15) is 56.8 Å². The second kappa shape index (κ2) is 9.64. The largest absolute Gasteiger partial charge is 0.534 e. The topological polar surface area (TPSA) is 119 Å². The summed E-state index contributed by atoms with van der Waals surface area (Å²) in [6, 6.07) is 3.98. The molecule has 0 aromatic heterocycles. The van der Waals surface area contributed by atoms with Gasteiger partial charge in [0.15, 0.2) is 11.6 Å². The number of benzene rings is 2. The molecule has 18 heteroatoms. The van der Waals surface area contributed by atoms with E-state index >= 15 is 0 Å². The van der Waals surface area contributed by atoms with Gasteiger partial charge in [0, 0.05) is 11.1 Å². The SMILES string of the molecule is CC(NC(=O)C1(NS(=O)(=O)C(F)(F)F)CC1)c1ccc(-c2cccc(F)c2OS(=O)(=O)C(F)(F)F)cc1F. The van der Waals surface area contributed by atoms with Gasteiger partial charge in [0.2, 0.25) is 5.91 Å². The molecule has 1 amide bonds. The Balaban J connectivity index is 1.85. The minimum absolute atomic E-state index is 0.258. The summed E-state index contributed by atoms with van der Waals surface area (Å²) in [5.74, 6) is -5.16. The third-order valence-electron chi connectivity index (χ3n) is 5.39. The van der Waals surface area contributed by atoms with Crippen molar-refractivity contribution < 1.29 is 60.9 Å². The van der Waals surface area contributed by atoms with Crippen LogP contribution in [-0.2, 0) is 24.9 Å². The van der Waals surface area contributed by atoms with Crippen molar-refractivity contribution in [2.24, 2.45) is 0 Å². The van der Waals surface area contributed by atoms with Gasteiger partial charge in [-0.1, -0.05) is 24.3 Å². The first-order valence-corrected chi connectivity index (χ1v) is 13.1. The first-order chi connectivity index (χ1) is 17.2. The Kier molecular flexibility index (Phi) is 7.50. The fourth-order valence-electron chi connectivity index (χ4n) is 3.25. The molecule has 0 heterocycles. The van der Waals surface area contributed by atoms with Crippen LogP contribution in [0.2, 0.25) is 0 Å². The van der Waals surface area contributed by atoms with E-state index in [1.165, 1.54) is 11.6 Å². The van der Waals surface area contributed by atoms with Crippen LogP contribution in [0.3, 0.4) is 0 Å². The Labute approximate surface area is 210 Å². The molecule has 1 aliphatic carbocycles. The van der Waals surface area contributed by atoms with Crippen LogP contribution in [0.5, 0.6) is 5.75 Å². The van der Waals surface area contributed by atoms with E-state index < -0.39 is 71.6 Å². The van der Waals surface area contributed by atoms with Gasteiger partial charge in [0.1, 0.15) is 11.4 Å². The predicted molar refractivity (Wildman–Crippen MR) is 114 cm³/mol. The minimum Gasteiger partial charge on any atom is -0.372 e. The standard InChI is InChI=1S/C20H16F8N2O6S2/c1-10(29-17(31)18(7-8-18)30-37(32,33)19(23,24)25)12-6-5-11(9-15(12)22)13-3-2-4-14(21)16(13)36-38(34,35)20(26,27)28/h2-6,9-10,30H,7-8H2,1H3,(H,29,31). The number of rotatable bonds is 8. The van der Waals surface area contributed by atoms with Crippen molar-refractivity contribution >= 4 is 26.0 Å². The van der Waals surface area contributed by atoms with Crippen molar-refractivity contribution in [3.05, 3.63) is 53.6 Å². The van der Waals surface area contributed by atoms with E-state index in [4.69, 9.17) is 0 Å². The minimum atomic E-state index is -6.28. The van der Waals surface area contributed by atoms with Crippen LogP contribution in [0.25, 0.3) is 11.1 Å². The molecule has 0 spiro atoms. The lowest BCUT2D eigenvalue weighted by Crippen LogP contribution is -2.52. The molecule has 0 radical (unpaired) electrons. The summed E-state index contributed by atoms with van der Waals surface area (Å²) in [5.41, 5.74) is -14.8. The Hall–Kier alpha value is -2.99. The van der Waals surface area contributed by atoms with Crippen LogP contribution in [0.15, 0.2) is 36.4 Å². The highest BCUT2D eigenvalue weighted by molar-refractivity contribution is 7.90. The van der Waals surface area contributed by atoms with Gasteiger partial charge >= 0.3 is 31.2 Å². The number of halogens is 8. The molecule has 1 fully saturated rings. The van der Waals surface area contributed by atoms with Crippen molar-refractivity contribution in [1.29, 1.82) is 0 Å². The second-order valence-electron chi connectivity index (χ2n) is 8.16. The maximum atomic E-state index is 14.9. The van der Waals surface area contributed by atoms with E-state index in [1.54, 1.807) is 0 Å². The van der Waals surface area contributed by atoms with Gasteiger partial charge in [0.25, 0.3) is 0 Å². The highest BCUT2D eigenvalue weighted by Gasteiger charge is 2.58. The molecule has 2 N–H and O–H groups in total. The van der Waals surface area contributed by atoms with Gasteiger partial charge in [-0.15, -0.1) is 0 Å². The molecule has 0 bridgehead atoms. The number of hydrogen-bond acceptors (Lipinski definition) is 6. The molecule has 1 unspecified atom stereocenters. The van der Waals surface area contributed by atoms with E-state index in [0.717, 1.165) is 24.3 Å². The van der Waals surface area contributed by atoms with Gasteiger partial charge in [-0.2, -0.15) is 39.5 Å². The molecule has 3 rings (SSSR count). The number of sulfonamides is 1. The molecule has 1 aliphatic rings. The van der Waals surface area contributed by atoms with E-state index in [2.05, 4.69) is 9.50 Å². The zero-order chi connectivity index (χ0) is 28.9. The first-order valence-electron chi connectivity index (χ1n) is 10.2. The molecule has 38 heavy (non-hydrogen) atoms. The van der Waals surface area contributed by atoms with Crippen LogP contribution >= 0.6 is 0 Å². The second-order valence-corrected chi connectivity index (χ2v) is 11.4. The average molecular weight is 596 g/mol. The highest BCUT2D eigenvalue weighted by atomic mass is 32.2. The zero-order valence-electron chi connectivity index (χ0n) is 18.7. The summed E-state index contributed by atoms with van der Waals surface area (Å²) in [5, 5.41) is 2.18. The van der Waals surface area contributed by atoms with Crippen molar-refractivity contribution in [3.63, 3.8) is 0 Å². The van der Waals surface area contributed by atoms with Crippen molar-refractivity contribution in [2.45, 2.75) is 42.4 Å². The summed E-state index contributed by atoms with van der Waals surface area (Å²) in [6.07, 6.45) is -0.517. The number of para-hydroxylation sites is 1. The number of carbonyl (C=O) groups excluding carboxylic acids is 1. The Morgan fingerprint density at radius 2 is 1.55 bits per heavy atom. The summed E-state index contributed by atoms with van der Waals surface area (Å²) in [7, 11) is -12.1. The van der Waals surface area contributed by atoms with Gasteiger partial charge in [-0.25, -0.2) is 17.2 Å². The van der Waals surface area contributed by atoms with Crippen molar-refractivity contribution in [3.8, 4) is 16.9 Å². The third kappa shape index (κ3) is 5.85. The van der Waals surface area contributed by atoms with Gasteiger partial charge in [-0.05, 0) is 37.5 Å². The molecule has 1 atom stereocenters. The third-order valence-corrected chi connectivity index (χ3v) is 7.61. The Morgan fingerprint density at radius 3 is 2.05 bits per heavy atom. The molecule has 210 valence electrons. The summed E-state index contributed by atoms with van der Waals surface area (Å²) >= 11 is 0. The lowest BCUT2D eigenvalue weighted by atomic mass is 9.99. The van der Waals surface area contributed by atoms with Gasteiger partial charge in [0.05, 0.1) is 6.04 Å². The summed E-state index contributed by atoms with van der Waals surface area (Å²) in [4.78, 5) is 12.5. The van der Waals surface area contributed by atoms with Gasteiger partial charge in [-0.3, -0.25) is 4.79 Å². The zero-order valence-corrected chi connectivity index (χ0v) is 20.4. The summed E-state index contributed by atoms with van der Waals surface area (Å²) in [6.45, 7) is 1.21. The maximum Gasteiger partial charge on any atom is 0.534 e. The normalized spacial score (nSPS) is 16.6. The number of amides is 1. The molecule has 8 nitrogen and oxygen atoms in total. The van der Waals surface area contributed by atoms with Crippen LogP contribution < -0.4 is 14.2 Å². The molecule has 0 aliphatic heterocycles. The molecular weight excluding hydrogens is 580 g/mol. The predicted octanol–water partition coefficient (Wildman–Crippen LogP) is 4.01. The number of nitrogens with one attached hydrogen (secondary N) is 2. The smallest absolute Gasteiger partial charge is 0.372 e. The molecule has 2 aromatic carbocycles. The molecule has 2 aromatic rings. The Morgan fingerprint density at radius 1 is 0.947 bits per heavy atom. The monoisotopic (exact) mass is 596 g/mol. The molecule has 1 saturated carbocycles. The van der Waals surface area contributed by atoms with Gasteiger partial charge < -0.3 is 9.50 Å². The molecular formula is C20H16F8N2O6S2. The number of alkyl halides is 6. The van der Waals surface area contributed by atoms with Crippen molar-refractivity contribution in [1.82, 2.24) is 10.0 Å². The first kappa shape index (κ1) is 29.6. The fraction of sp³-hybridized carbons (Fsp3) is 0.350. The lowest BCUT2D eigenvalue weighted by molar-refractivity contribution is -0.124. The lowest BCUT2D eigenvalue weighted by Gasteiger charge is -2.22. The average Bonchev–Trinajstić information content (AvgIpc) is 3.53. The summed E-state index contributed by atoms with van der Waals surface area (Å²) < 4.78 is 156. The number of carbonyl (C=O) groups is 1. The van der Waals surface area contributed by atoms with Crippen LogP contribution in [0.4, 0.5) is 35.1 Å². The van der Waals surface area contributed by atoms with E-state index in [-0.39, 0.29) is 24.0 Å². The van der Waals surface area contributed by atoms with E-state index in [0.29, 0.717) is 12.1 Å².